The van der Waals surface area contributed by atoms with Crippen molar-refractivity contribution in [2.24, 2.45) is 0 Å². The highest BCUT2D eigenvalue weighted by Crippen LogP contribution is 2.19. The van der Waals surface area contributed by atoms with E-state index in [0.717, 1.165) is 11.1 Å². The maximum Gasteiger partial charge on any atom is 0.141 e. The summed E-state index contributed by atoms with van der Waals surface area (Å²) in [5.74, 6) is 0. The normalized spacial score (nSPS) is 33.2. The van der Waals surface area contributed by atoms with Gasteiger partial charge in [-0.05, 0) is 25.5 Å². The number of nitrogens with zero attached hydrogens (tertiary/aromatic N) is 1. The minimum Gasteiger partial charge on any atom is -0.103 e. The molecule has 1 aliphatic heterocycles. The number of halogens is 1. The van der Waals surface area contributed by atoms with Crippen LogP contribution in [0.4, 0.5) is 4.48 Å². The topological polar surface area (TPSA) is 0 Å². The SMILES string of the molecule is CC1=C[N+](C)(F)CC(C)=C1. The van der Waals surface area contributed by atoms with Crippen LogP contribution in [0.3, 0.4) is 0 Å². The summed E-state index contributed by atoms with van der Waals surface area (Å²) in [6, 6.07) is 0. The van der Waals surface area contributed by atoms with E-state index >= 15 is 0 Å². The lowest BCUT2D eigenvalue weighted by molar-refractivity contribution is -0.995. The van der Waals surface area contributed by atoms with Crippen LogP contribution in [0.15, 0.2) is 23.4 Å². The molecule has 1 nitrogen and oxygen atoms in total. The zero-order valence-corrected chi connectivity index (χ0v) is 6.69. The molecule has 2 heteroatoms. The van der Waals surface area contributed by atoms with Gasteiger partial charge in [0.2, 0.25) is 0 Å². The molecule has 0 aliphatic carbocycles. The first-order valence-electron chi connectivity index (χ1n) is 3.41. The van der Waals surface area contributed by atoms with Gasteiger partial charge in [-0.1, -0.05) is 0 Å². The summed E-state index contributed by atoms with van der Waals surface area (Å²) >= 11 is 0. The average molecular weight is 142 g/mol. The Labute approximate surface area is 61.0 Å². The fourth-order valence-electron chi connectivity index (χ4n) is 1.43. The molecule has 56 valence electrons. The number of quaternary nitrogens is 1. The van der Waals surface area contributed by atoms with E-state index in [1.807, 2.05) is 19.9 Å². The second kappa shape index (κ2) is 2.20. The molecule has 0 N–H and O–H groups in total. The lowest BCUT2D eigenvalue weighted by Gasteiger charge is -2.20. The molecule has 0 aromatic carbocycles. The van der Waals surface area contributed by atoms with Crippen LogP contribution >= 0.6 is 0 Å². The number of likely N-dealkylation sites (N-methyl/N-ethyl adjacent to an activating group) is 1. The third-order valence-corrected chi connectivity index (χ3v) is 1.51. The molecule has 0 radical (unpaired) electrons. The van der Waals surface area contributed by atoms with Crippen LogP contribution in [0.25, 0.3) is 0 Å². The summed E-state index contributed by atoms with van der Waals surface area (Å²) in [6.07, 6.45) is 3.63. The number of allylic oxidation sites excluding steroid dienone is 2. The quantitative estimate of drug-likeness (QED) is 0.455. The van der Waals surface area contributed by atoms with Crippen molar-refractivity contribution < 1.29 is 9.19 Å². The number of hydrogen-bond donors (Lipinski definition) is 0. The predicted octanol–water partition coefficient (Wildman–Crippen LogP) is 2.18. The molecule has 0 bridgehead atoms. The van der Waals surface area contributed by atoms with E-state index in [2.05, 4.69) is 0 Å². The van der Waals surface area contributed by atoms with Crippen LogP contribution in [0.5, 0.6) is 0 Å². The Morgan fingerprint density at radius 1 is 1.50 bits per heavy atom. The Bertz CT molecular complexity index is 201. The van der Waals surface area contributed by atoms with Gasteiger partial charge in [0, 0.05) is 10.1 Å². The molecular formula is C8H13FN+. The highest BCUT2D eigenvalue weighted by molar-refractivity contribution is 5.21. The first-order valence-corrected chi connectivity index (χ1v) is 3.41. The first-order chi connectivity index (χ1) is 4.49. The molecule has 10 heavy (non-hydrogen) atoms. The zero-order chi connectivity index (χ0) is 7.78. The van der Waals surface area contributed by atoms with Gasteiger partial charge in [-0.25, -0.2) is 0 Å². The molecule has 1 rings (SSSR count). The lowest BCUT2D eigenvalue weighted by Crippen LogP contribution is -2.32. The fourth-order valence-corrected chi connectivity index (χ4v) is 1.43. The second-order valence-electron chi connectivity index (χ2n) is 3.17. The summed E-state index contributed by atoms with van der Waals surface area (Å²) in [7, 11) is 1.56. The number of hydrogen-bond acceptors (Lipinski definition) is 0. The fraction of sp³-hybridized carbons (Fsp3) is 0.500. The van der Waals surface area contributed by atoms with Crippen molar-refractivity contribution in [1.29, 1.82) is 0 Å². The molecular weight excluding hydrogens is 129 g/mol. The van der Waals surface area contributed by atoms with Crippen molar-refractivity contribution in [2.75, 3.05) is 13.6 Å². The van der Waals surface area contributed by atoms with E-state index < -0.39 is 4.71 Å². The molecule has 0 amide bonds. The molecule has 1 unspecified atom stereocenters. The molecule has 1 aliphatic rings. The van der Waals surface area contributed by atoms with E-state index in [9.17, 15) is 4.48 Å². The van der Waals surface area contributed by atoms with Crippen LogP contribution in [0, 0.1) is 0 Å². The summed E-state index contributed by atoms with van der Waals surface area (Å²) in [5.41, 5.74) is 2.11. The maximum atomic E-state index is 13.2. The largest absolute Gasteiger partial charge is 0.141 e. The predicted molar refractivity (Wildman–Crippen MR) is 39.7 cm³/mol. The van der Waals surface area contributed by atoms with Gasteiger partial charge in [0.15, 0.2) is 0 Å². The molecule has 0 spiro atoms. The molecule has 0 fully saturated rings. The molecule has 0 saturated heterocycles. The van der Waals surface area contributed by atoms with Gasteiger partial charge >= 0.3 is 0 Å². The Morgan fingerprint density at radius 3 is 2.50 bits per heavy atom. The maximum absolute atomic E-state index is 13.2. The Kier molecular flexibility index (Phi) is 1.65. The smallest absolute Gasteiger partial charge is 0.103 e. The molecule has 0 saturated carbocycles. The van der Waals surface area contributed by atoms with Crippen molar-refractivity contribution in [2.45, 2.75) is 13.8 Å². The van der Waals surface area contributed by atoms with E-state index in [0.29, 0.717) is 6.54 Å². The van der Waals surface area contributed by atoms with Gasteiger partial charge in [-0.3, -0.25) is 0 Å². The van der Waals surface area contributed by atoms with Gasteiger partial charge < -0.3 is 0 Å². The van der Waals surface area contributed by atoms with Gasteiger partial charge in [-0.15, -0.1) is 4.71 Å². The minimum absolute atomic E-state index is 0.483. The third kappa shape index (κ3) is 1.67. The van der Waals surface area contributed by atoms with E-state index in [1.54, 1.807) is 13.2 Å². The second-order valence-corrected chi connectivity index (χ2v) is 3.17. The van der Waals surface area contributed by atoms with Gasteiger partial charge in [0.25, 0.3) is 0 Å². The minimum atomic E-state index is -0.506. The molecule has 1 heterocycles. The summed E-state index contributed by atoms with van der Waals surface area (Å²) in [5, 5.41) is 0. The third-order valence-electron chi connectivity index (χ3n) is 1.51. The van der Waals surface area contributed by atoms with Crippen molar-refractivity contribution >= 4 is 0 Å². The molecule has 0 aromatic rings. The summed E-state index contributed by atoms with van der Waals surface area (Å²) in [4.78, 5) is 0. The van der Waals surface area contributed by atoms with Crippen molar-refractivity contribution in [1.82, 2.24) is 0 Å². The number of rotatable bonds is 0. The van der Waals surface area contributed by atoms with Crippen LogP contribution < -0.4 is 0 Å². The Hall–Kier alpha value is -0.630. The highest BCUT2D eigenvalue weighted by Gasteiger charge is 2.23. The van der Waals surface area contributed by atoms with Crippen LogP contribution in [0.1, 0.15) is 13.8 Å². The van der Waals surface area contributed by atoms with Gasteiger partial charge in [0.05, 0.1) is 0 Å². The van der Waals surface area contributed by atoms with Crippen molar-refractivity contribution in [3.63, 3.8) is 0 Å². The highest BCUT2D eigenvalue weighted by atomic mass is 19.2. The molecule has 1 atom stereocenters. The van der Waals surface area contributed by atoms with Crippen LogP contribution in [-0.4, -0.2) is 18.3 Å². The summed E-state index contributed by atoms with van der Waals surface area (Å²) < 4.78 is 12.7. The van der Waals surface area contributed by atoms with E-state index in [1.165, 1.54) is 0 Å². The van der Waals surface area contributed by atoms with Crippen molar-refractivity contribution in [3.8, 4) is 0 Å². The van der Waals surface area contributed by atoms with Crippen LogP contribution in [-0.2, 0) is 0 Å². The first kappa shape index (κ1) is 7.48. The Balaban J connectivity index is 2.88. The lowest BCUT2D eigenvalue weighted by atomic mass is 10.1. The van der Waals surface area contributed by atoms with Crippen molar-refractivity contribution in [3.05, 3.63) is 23.4 Å². The van der Waals surface area contributed by atoms with E-state index in [4.69, 9.17) is 0 Å². The molecule has 0 aromatic heterocycles. The zero-order valence-electron chi connectivity index (χ0n) is 6.69. The Morgan fingerprint density at radius 2 is 2.10 bits per heavy atom. The van der Waals surface area contributed by atoms with Gasteiger partial charge in [-0.2, -0.15) is 0 Å². The standard InChI is InChI=1S/C8H13FN/c1-7-4-8(2)6-10(3,9)5-7/h4-5H,6H2,1-3H3/q+1. The van der Waals surface area contributed by atoms with E-state index in [-0.39, 0.29) is 0 Å². The van der Waals surface area contributed by atoms with Crippen LogP contribution in [0.2, 0.25) is 0 Å². The summed E-state index contributed by atoms with van der Waals surface area (Å²) in [6.45, 7) is 4.35. The average Bonchev–Trinajstić information content (AvgIpc) is 1.54. The van der Waals surface area contributed by atoms with Gasteiger partial charge in [0.1, 0.15) is 19.8 Å². The monoisotopic (exact) mass is 142 g/mol.